The highest BCUT2D eigenvalue weighted by molar-refractivity contribution is 7.25. The minimum absolute atomic E-state index is 0.0599. The topological polar surface area (TPSA) is 7.65 Å². The average molecular weight is 897 g/mol. The molecule has 0 spiro atoms. The van der Waals surface area contributed by atoms with Gasteiger partial charge < -0.3 is 9.30 Å². The fraction of sp³-hybridized carbons (Fsp3) is 0.0303. The zero-order chi connectivity index (χ0) is 45.4. The van der Waals surface area contributed by atoms with Crippen LogP contribution in [0.2, 0.25) is 0 Å². The first kappa shape index (κ1) is 39.6. The average Bonchev–Trinajstić information content (AvgIpc) is 3.97. The molecule has 0 bridgehead atoms. The Morgan fingerprint density at radius 2 is 1.01 bits per heavy atom. The summed E-state index contributed by atoms with van der Waals surface area (Å²) >= 11 is 1.88. The maximum absolute atomic E-state index is 2.53. The Morgan fingerprint density at radius 1 is 0.362 bits per heavy atom. The van der Waals surface area contributed by atoms with Gasteiger partial charge in [0.05, 0.1) is 16.6 Å². The van der Waals surface area contributed by atoms with Crippen molar-refractivity contribution in [2.75, 3.05) is 4.90 Å². The van der Waals surface area contributed by atoms with E-state index in [4.69, 9.17) is 0 Å². The third-order valence-electron chi connectivity index (χ3n) is 14.5. The van der Waals surface area contributed by atoms with E-state index in [0.717, 1.165) is 23.5 Å². The van der Waals surface area contributed by atoms with Gasteiger partial charge in [0, 0.05) is 64.7 Å². The molecule has 3 heterocycles. The molecule has 2 nitrogen and oxygen atoms in total. The maximum Gasteiger partial charge on any atom is 0.0625 e. The predicted octanol–water partition coefficient (Wildman–Crippen LogP) is 18.5. The van der Waals surface area contributed by atoms with Gasteiger partial charge >= 0.3 is 0 Å². The van der Waals surface area contributed by atoms with Gasteiger partial charge in [-0.1, -0.05) is 182 Å². The lowest BCUT2D eigenvalue weighted by Crippen LogP contribution is -2.12. The highest BCUT2D eigenvalue weighted by atomic mass is 32.1. The number of rotatable bonds is 9. The Morgan fingerprint density at radius 3 is 1.86 bits per heavy atom. The number of para-hydroxylation sites is 2. The minimum Gasteiger partial charge on any atom is -0.310 e. The molecule has 3 aromatic heterocycles. The molecule has 3 heteroatoms. The first-order valence-corrected chi connectivity index (χ1v) is 24.7. The Labute approximate surface area is 404 Å². The molecule has 0 fully saturated rings. The summed E-state index contributed by atoms with van der Waals surface area (Å²) in [4.78, 5) is 2.44. The number of hydrogen-bond donors (Lipinski definition) is 0. The second-order valence-corrected chi connectivity index (χ2v) is 19.5. The molecule has 324 valence electrons. The van der Waals surface area contributed by atoms with Gasteiger partial charge in [0.25, 0.3) is 0 Å². The molecule has 14 aromatic rings. The van der Waals surface area contributed by atoms with Crippen LogP contribution in [0, 0.1) is 0 Å². The molecule has 0 aliphatic rings. The maximum atomic E-state index is 2.53. The fourth-order valence-corrected chi connectivity index (χ4v) is 12.3. The summed E-state index contributed by atoms with van der Waals surface area (Å²) in [7, 11) is 0. The number of hydrogen-bond acceptors (Lipinski definition) is 2. The summed E-state index contributed by atoms with van der Waals surface area (Å²) in [5.41, 5.74) is 15.7. The largest absolute Gasteiger partial charge is 0.310 e. The van der Waals surface area contributed by atoms with Crippen molar-refractivity contribution in [1.82, 2.24) is 4.40 Å². The van der Waals surface area contributed by atoms with E-state index in [1.807, 2.05) is 11.3 Å². The molecule has 0 N–H and O–H groups in total. The van der Waals surface area contributed by atoms with Crippen LogP contribution >= 0.6 is 11.3 Å². The first-order chi connectivity index (χ1) is 34.2. The molecule has 1 unspecified atom stereocenters. The fourth-order valence-electron chi connectivity index (χ4n) is 11.3. The lowest BCUT2D eigenvalue weighted by Gasteiger charge is -2.28. The number of pyridine rings is 1. The third-order valence-corrected chi connectivity index (χ3v) is 15.6. The van der Waals surface area contributed by atoms with Crippen molar-refractivity contribution in [2.45, 2.75) is 12.3 Å². The molecule has 0 aliphatic carbocycles. The van der Waals surface area contributed by atoms with Gasteiger partial charge in [0.2, 0.25) is 0 Å². The monoisotopic (exact) mass is 896 g/mol. The van der Waals surface area contributed by atoms with Crippen molar-refractivity contribution in [1.29, 1.82) is 0 Å². The second kappa shape index (κ2) is 16.1. The van der Waals surface area contributed by atoms with Crippen LogP contribution in [0.15, 0.2) is 249 Å². The van der Waals surface area contributed by atoms with Crippen LogP contribution in [0.3, 0.4) is 0 Å². The van der Waals surface area contributed by atoms with Crippen LogP contribution < -0.4 is 4.90 Å². The molecule has 0 saturated heterocycles. The van der Waals surface area contributed by atoms with Gasteiger partial charge in [-0.3, -0.25) is 0 Å². The number of aromatic nitrogens is 1. The number of benzene rings is 11. The van der Waals surface area contributed by atoms with Crippen molar-refractivity contribution >= 4 is 97.4 Å². The van der Waals surface area contributed by atoms with Crippen LogP contribution in [0.1, 0.15) is 22.6 Å². The van der Waals surface area contributed by atoms with Gasteiger partial charge in [-0.2, -0.15) is 0 Å². The smallest absolute Gasteiger partial charge is 0.0625 e. The Hall–Kier alpha value is -8.50. The van der Waals surface area contributed by atoms with Crippen molar-refractivity contribution in [3.8, 4) is 22.3 Å². The summed E-state index contributed by atoms with van der Waals surface area (Å²) in [6, 6.07) is 92.5. The van der Waals surface area contributed by atoms with E-state index < -0.39 is 0 Å². The Balaban J connectivity index is 1.03. The molecule has 69 heavy (non-hydrogen) atoms. The lowest BCUT2D eigenvalue weighted by atomic mass is 9.83. The Kier molecular flexibility index (Phi) is 9.24. The van der Waals surface area contributed by atoms with Gasteiger partial charge in [-0.15, -0.1) is 11.3 Å². The summed E-state index contributed by atoms with van der Waals surface area (Å²) in [5.74, 6) is 0.0599. The highest BCUT2D eigenvalue weighted by Gasteiger charge is 2.24. The summed E-state index contributed by atoms with van der Waals surface area (Å²) < 4.78 is 5.18. The molecule has 0 saturated carbocycles. The van der Waals surface area contributed by atoms with Crippen molar-refractivity contribution in [3.05, 3.63) is 265 Å². The number of fused-ring (bicyclic) bond motifs is 9. The predicted molar refractivity (Wildman–Crippen MR) is 295 cm³/mol. The van der Waals surface area contributed by atoms with E-state index in [-0.39, 0.29) is 5.92 Å². The van der Waals surface area contributed by atoms with E-state index in [1.54, 1.807) is 0 Å². The van der Waals surface area contributed by atoms with Gasteiger partial charge in [0.1, 0.15) is 0 Å². The molecular weight excluding hydrogens is 853 g/mol. The molecule has 1 atom stereocenters. The van der Waals surface area contributed by atoms with Crippen molar-refractivity contribution in [2.24, 2.45) is 0 Å². The second-order valence-electron chi connectivity index (χ2n) is 18.4. The van der Waals surface area contributed by atoms with Crippen LogP contribution in [0.4, 0.5) is 17.1 Å². The van der Waals surface area contributed by atoms with Crippen molar-refractivity contribution < 1.29 is 0 Å². The van der Waals surface area contributed by atoms with Crippen LogP contribution in [-0.2, 0) is 6.42 Å². The van der Waals surface area contributed by atoms with E-state index in [9.17, 15) is 0 Å². The number of nitrogens with zero attached hydrogens (tertiary/aromatic N) is 2. The molecule has 0 radical (unpaired) electrons. The third kappa shape index (κ3) is 6.61. The van der Waals surface area contributed by atoms with E-state index in [2.05, 4.69) is 258 Å². The van der Waals surface area contributed by atoms with Gasteiger partial charge in [0.15, 0.2) is 0 Å². The van der Waals surface area contributed by atoms with Crippen LogP contribution in [0.25, 0.3) is 91.3 Å². The summed E-state index contributed by atoms with van der Waals surface area (Å²) in [5, 5.41) is 10.4. The SMILES string of the molecule is c1ccc(CC(c2cc(-c3ccc4c5ccc6cccc7c8ccccc8n(c4c3)c5c67)cc(N(c3ccccc3)c3ccc(-c4ccccc4)cc3)c2)c2ccc3sc4ccccc4c3c2)cc1. The first-order valence-electron chi connectivity index (χ1n) is 23.9. The quantitative estimate of drug-likeness (QED) is 0.103. The van der Waals surface area contributed by atoms with Crippen LogP contribution in [0.5, 0.6) is 0 Å². The zero-order valence-electron chi connectivity index (χ0n) is 37.8. The normalized spacial score (nSPS) is 12.3. The molecule has 0 aliphatic heterocycles. The molecular formula is C66H44N2S. The standard InChI is InChI=1S/C66H44N2S/c1-4-15-43(16-5-1)37-59(48-31-36-64-60(41-48)56-23-11-13-26-63(56)69-64)50-38-49(39-53(40-50)67(51-20-8-3-9-21-51)52-32-27-45(28-33-52)44-17-6-2-7-18-44)47-30-34-55-58-35-29-46-19-14-24-57-54-22-10-12-25-61(54)68(62(55)42-47)66(58)65(46)57/h1-36,38-42,59H,37H2. The number of thiophene rings is 1. The van der Waals surface area contributed by atoms with E-state index in [1.165, 1.54) is 108 Å². The zero-order valence-corrected chi connectivity index (χ0v) is 38.6. The molecule has 0 amide bonds. The van der Waals surface area contributed by atoms with E-state index in [0.29, 0.717) is 0 Å². The van der Waals surface area contributed by atoms with E-state index >= 15 is 0 Å². The molecule has 11 aromatic carbocycles. The summed E-state index contributed by atoms with van der Waals surface area (Å²) in [6.45, 7) is 0. The number of anilines is 3. The minimum atomic E-state index is 0.0599. The van der Waals surface area contributed by atoms with Crippen LogP contribution in [-0.4, -0.2) is 4.40 Å². The highest BCUT2D eigenvalue weighted by Crippen LogP contribution is 2.46. The van der Waals surface area contributed by atoms with Gasteiger partial charge in [-0.05, 0) is 123 Å². The Bertz CT molecular complexity index is 4210. The lowest BCUT2D eigenvalue weighted by molar-refractivity contribution is 0.807. The summed E-state index contributed by atoms with van der Waals surface area (Å²) in [6.07, 6.45) is 0.855. The van der Waals surface area contributed by atoms with Gasteiger partial charge in [-0.25, -0.2) is 0 Å². The molecule has 14 rings (SSSR count). The van der Waals surface area contributed by atoms with Crippen molar-refractivity contribution in [3.63, 3.8) is 0 Å².